The van der Waals surface area contributed by atoms with Crippen molar-refractivity contribution in [2.24, 2.45) is 5.41 Å². The van der Waals surface area contributed by atoms with Crippen molar-refractivity contribution in [3.63, 3.8) is 0 Å². The average molecular weight is 303 g/mol. The van der Waals surface area contributed by atoms with Crippen molar-refractivity contribution < 1.29 is 8.42 Å². The van der Waals surface area contributed by atoms with Gasteiger partial charge in [0.2, 0.25) is 10.0 Å². The summed E-state index contributed by atoms with van der Waals surface area (Å²) in [6.45, 7) is 5.23. The number of allylic oxidation sites excluding steroid dienone is 3. The lowest BCUT2D eigenvalue weighted by molar-refractivity contribution is 0.353. The van der Waals surface area contributed by atoms with Crippen LogP contribution < -0.4 is 0 Å². The van der Waals surface area contributed by atoms with Gasteiger partial charge in [-0.25, -0.2) is 8.42 Å². The van der Waals surface area contributed by atoms with E-state index in [1.54, 1.807) is 16.4 Å². The Balaban J connectivity index is 1.93. The summed E-state index contributed by atoms with van der Waals surface area (Å²) in [5, 5.41) is 0. The number of benzene rings is 1. The highest BCUT2D eigenvalue weighted by Crippen LogP contribution is 2.42. The highest BCUT2D eigenvalue weighted by molar-refractivity contribution is 7.89. The predicted molar refractivity (Wildman–Crippen MR) is 84.5 cm³/mol. The molecule has 1 aromatic carbocycles. The predicted octanol–water partition coefficient (Wildman–Crippen LogP) is 3.28. The fraction of sp³-hybridized carbons (Fsp3) is 0.412. The van der Waals surface area contributed by atoms with E-state index in [1.807, 2.05) is 19.1 Å². The van der Waals surface area contributed by atoms with E-state index in [1.165, 1.54) is 5.57 Å². The van der Waals surface area contributed by atoms with Crippen LogP contribution in [0.15, 0.2) is 53.0 Å². The maximum absolute atomic E-state index is 12.8. The zero-order chi connectivity index (χ0) is 15.1. The van der Waals surface area contributed by atoms with Crippen LogP contribution in [0.3, 0.4) is 0 Å². The molecule has 1 heterocycles. The molecule has 0 amide bonds. The highest BCUT2D eigenvalue weighted by atomic mass is 32.2. The van der Waals surface area contributed by atoms with Gasteiger partial charge in [0.25, 0.3) is 0 Å². The van der Waals surface area contributed by atoms with Crippen LogP contribution in [0.1, 0.15) is 25.3 Å². The zero-order valence-electron chi connectivity index (χ0n) is 12.5. The minimum Gasteiger partial charge on any atom is -0.207 e. The van der Waals surface area contributed by atoms with Gasteiger partial charge in [-0.05, 0) is 37.5 Å². The van der Waals surface area contributed by atoms with Gasteiger partial charge in [-0.1, -0.05) is 42.8 Å². The molecule has 1 aliphatic heterocycles. The van der Waals surface area contributed by atoms with E-state index in [2.05, 4.69) is 25.2 Å². The van der Waals surface area contributed by atoms with Crippen molar-refractivity contribution in [3.8, 4) is 0 Å². The van der Waals surface area contributed by atoms with Gasteiger partial charge in [-0.2, -0.15) is 4.31 Å². The van der Waals surface area contributed by atoms with Crippen LogP contribution in [0.4, 0.5) is 0 Å². The molecule has 0 unspecified atom stereocenters. The van der Waals surface area contributed by atoms with Gasteiger partial charge in [0, 0.05) is 18.5 Å². The number of sulfonamides is 1. The topological polar surface area (TPSA) is 37.4 Å². The lowest BCUT2D eigenvalue weighted by Crippen LogP contribution is -2.31. The Morgan fingerprint density at radius 2 is 1.90 bits per heavy atom. The summed E-state index contributed by atoms with van der Waals surface area (Å²) in [6.07, 6.45) is 8.33. The first-order valence-corrected chi connectivity index (χ1v) is 8.79. The minimum absolute atomic E-state index is 0.0265. The molecule has 0 aromatic heterocycles. The Morgan fingerprint density at radius 1 is 1.19 bits per heavy atom. The molecule has 4 heteroatoms. The number of fused-ring (bicyclic) bond motifs is 1. The molecule has 0 bridgehead atoms. The Kier molecular flexibility index (Phi) is 3.54. The van der Waals surface area contributed by atoms with Crippen molar-refractivity contribution in [3.05, 3.63) is 53.6 Å². The van der Waals surface area contributed by atoms with E-state index in [4.69, 9.17) is 0 Å². The first-order valence-electron chi connectivity index (χ1n) is 7.35. The second-order valence-corrected chi connectivity index (χ2v) is 8.24. The highest BCUT2D eigenvalue weighted by Gasteiger charge is 2.43. The third kappa shape index (κ3) is 2.58. The maximum Gasteiger partial charge on any atom is 0.243 e. The lowest BCUT2D eigenvalue weighted by atomic mass is 9.81. The molecule has 3 nitrogen and oxygen atoms in total. The van der Waals surface area contributed by atoms with Crippen LogP contribution in [-0.2, 0) is 10.0 Å². The van der Waals surface area contributed by atoms with E-state index < -0.39 is 10.0 Å². The summed E-state index contributed by atoms with van der Waals surface area (Å²) in [4.78, 5) is 0.393. The van der Waals surface area contributed by atoms with Gasteiger partial charge in [0.15, 0.2) is 0 Å². The molecule has 0 spiro atoms. The summed E-state index contributed by atoms with van der Waals surface area (Å²) in [7, 11) is -3.40. The second-order valence-electron chi connectivity index (χ2n) is 6.31. The number of nitrogens with zero attached hydrogens (tertiary/aromatic N) is 1. The van der Waals surface area contributed by atoms with Gasteiger partial charge in [-0.3, -0.25) is 0 Å². The molecule has 1 atom stereocenters. The molecular formula is C17H21NO2S. The molecule has 112 valence electrons. The van der Waals surface area contributed by atoms with Crippen LogP contribution in [0.5, 0.6) is 0 Å². The SMILES string of the molecule is Cc1ccc(S(=O)(=O)N2CC3=CC=CCC[C@@]3(C)C2)cc1. The van der Waals surface area contributed by atoms with Gasteiger partial charge >= 0.3 is 0 Å². The maximum atomic E-state index is 12.8. The Labute approximate surface area is 127 Å². The largest absolute Gasteiger partial charge is 0.243 e. The van der Waals surface area contributed by atoms with Crippen LogP contribution in [0.2, 0.25) is 0 Å². The Morgan fingerprint density at radius 3 is 2.62 bits per heavy atom. The summed E-state index contributed by atoms with van der Waals surface area (Å²) >= 11 is 0. The van der Waals surface area contributed by atoms with Gasteiger partial charge < -0.3 is 0 Å². The van der Waals surface area contributed by atoms with Crippen LogP contribution in [0.25, 0.3) is 0 Å². The van der Waals surface area contributed by atoms with Crippen molar-refractivity contribution in [2.45, 2.75) is 31.6 Å². The molecule has 2 aliphatic rings. The zero-order valence-corrected chi connectivity index (χ0v) is 13.4. The number of aryl methyl sites for hydroxylation is 1. The molecule has 21 heavy (non-hydrogen) atoms. The number of hydrogen-bond donors (Lipinski definition) is 0. The van der Waals surface area contributed by atoms with E-state index >= 15 is 0 Å². The van der Waals surface area contributed by atoms with Crippen LogP contribution in [0, 0.1) is 12.3 Å². The van der Waals surface area contributed by atoms with Gasteiger partial charge in [0.05, 0.1) is 4.90 Å². The Bertz CT molecular complexity index is 701. The van der Waals surface area contributed by atoms with Crippen molar-refractivity contribution in [1.82, 2.24) is 4.31 Å². The minimum atomic E-state index is -3.40. The fourth-order valence-electron chi connectivity index (χ4n) is 3.13. The molecular weight excluding hydrogens is 282 g/mol. The van der Waals surface area contributed by atoms with Crippen molar-refractivity contribution in [1.29, 1.82) is 0 Å². The molecule has 1 fully saturated rings. The van der Waals surface area contributed by atoms with Crippen LogP contribution >= 0.6 is 0 Å². The number of rotatable bonds is 2. The normalized spacial score (nSPS) is 26.3. The first kappa shape index (κ1) is 14.5. The standard InChI is InChI=1S/C17H21NO2S/c1-14-7-9-16(10-8-14)21(19,20)18-12-15-6-4-3-5-11-17(15,2)13-18/h3-4,6-10H,5,11-13H2,1-2H3/t17-/m0/s1. The molecule has 0 radical (unpaired) electrons. The molecule has 1 saturated heterocycles. The Hall–Kier alpha value is -1.39. The average Bonchev–Trinajstić information content (AvgIpc) is 2.67. The van der Waals surface area contributed by atoms with E-state index in [-0.39, 0.29) is 5.41 Å². The monoisotopic (exact) mass is 303 g/mol. The molecule has 0 N–H and O–H groups in total. The van der Waals surface area contributed by atoms with E-state index in [0.29, 0.717) is 18.0 Å². The molecule has 1 aliphatic carbocycles. The van der Waals surface area contributed by atoms with Crippen molar-refractivity contribution >= 4 is 10.0 Å². The summed E-state index contributed by atoms with van der Waals surface area (Å²) in [5.41, 5.74) is 2.27. The molecule has 1 aromatic rings. The second kappa shape index (κ2) is 5.11. The molecule has 0 saturated carbocycles. The van der Waals surface area contributed by atoms with E-state index in [0.717, 1.165) is 18.4 Å². The summed E-state index contributed by atoms with van der Waals surface area (Å²) in [5.74, 6) is 0. The van der Waals surface area contributed by atoms with Crippen LogP contribution in [-0.4, -0.2) is 25.8 Å². The lowest BCUT2D eigenvalue weighted by Gasteiger charge is -2.24. The van der Waals surface area contributed by atoms with E-state index in [9.17, 15) is 8.42 Å². The smallest absolute Gasteiger partial charge is 0.207 e. The van der Waals surface area contributed by atoms with Crippen molar-refractivity contribution in [2.75, 3.05) is 13.1 Å². The third-order valence-electron chi connectivity index (χ3n) is 4.60. The third-order valence-corrected chi connectivity index (χ3v) is 6.41. The first-order chi connectivity index (χ1) is 9.92. The summed E-state index contributed by atoms with van der Waals surface area (Å²) < 4.78 is 27.2. The van der Waals surface area contributed by atoms with Gasteiger partial charge in [-0.15, -0.1) is 0 Å². The molecule has 3 rings (SSSR count). The fourth-order valence-corrected chi connectivity index (χ4v) is 4.67. The summed E-state index contributed by atoms with van der Waals surface area (Å²) in [6, 6.07) is 7.11. The number of hydrogen-bond acceptors (Lipinski definition) is 2. The quantitative estimate of drug-likeness (QED) is 0.841. The van der Waals surface area contributed by atoms with Gasteiger partial charge in [0.1, 0.15) is 0 Å².